The molecule has 648 valence electrons. The van der Waals surface area contributed by atoms with Gasteiger partial charge in [-0.15, -0.1) is 0 Å². The van der Waals surface area contributed by atoms with Crippen molar-refractivity contribution in [3.05, 3.63) is 590 Å². The van der Waals surface area contributed by atoms with Gasteiger partial charge in [0.1, 0.15) is 22.3 Å². The summed E-state index contributed by atoms with van der Waals surface area (Å²) in [5.74, 6) is 0. The molecule has 138 heavy (non-hydrogen) atoms. The van der Waals surface area contributed by atoms with E-state index in [-0.39, 0.29) is 0 Å². The molecule has 2 aliphatic rings. The lowest BCUT2D eigenvalue weighted by Crippen LogP contribution is -2.28. The Bertz CT molecular complexity index is 8600. The molecule has 22 aromatic carbocycles. The van der Waals surface area contributed by atoms with E-state index < -0.39 is 10.8 Å². The van der Waals surface area contributed by atoms with Crippen LogP contribution in [0.25, 0.3) is 155 Å². The number of rotatable bonds is 18. The van der Waals surface area contributed by atoms with Gasteiger partial charge in [0.15, 0.2) is 0 Å². The SMILES string of the molecule is c1ccc(-c2ccc(-c3cccc(N(c4cccc(-c5cccc6c5-c5ccccc5C6(c5ccccc5)c5ccccc5)c4)c4cccc(-c5cccc6oc7ccccc7c56)c4)c3)cc2)cc1.c1ccc(-c2ccc(-c3ccccc3N(c3cccc(-c4cccc5c4-c4ccccc4C5(c4ccccc4)c4ccccc4)c3)c3cccc(-c4cccc5oc6ccccc6c45)c3)cc2)cc1. The fourth-order valence-corrected chi connectivity index (χ4v) is 22.3. The summed E-state index contributed by atoms with van der Waals surface area (Å²) in [6, 6.07) is 199. The number of fused-ring (bicyclic) bond motifs is 12. The lowest BCUT2D eigenvalue weighted by Gasteiger charge is -2.34. The molecule has 0 N–H and O–H groups in total. The first-order chi connectivity index (χ1) is 68.5. The topological polar surface area (TPSA) is 32.8 Å². The molecule has 0 bridgehead atoms. The van der Waals surface area contributed by atoms with Crippen molar-refractivity contribution < 1.29 is 8.83 Å². The number of hydrogen-bond donors (Lipinski definition) is 0. The summed E-state index contributed by atoms with van der Waals surface area (Å²) < 4.78 is 12.8. The van der Waals surface area contributed by atoms with Crippen LogP contribution in [-0.4, -0.2) is 0 Å². The fraction of sp³-hybridized carbons (Fsp3) is 0.0149. The number of nitrogens with zero attached hydrogens (tertiary/aromatic N) is 2. The number of hydrogen-bond acceptors (Lipinski definition) is 4. The van der Waals surface area contributed by atoms with E-state index in [0.717, 1.165) is 134 Å². The third-order valence-corrected chi connectivity index (χ3v) is 28.3. The molecule has 24 aromatic rings. The molecule has 0 radical (unpaired) electrons. The second-order valence-electron chi connectivity index (χ2n) is 35.9. The molecule has 4 heteroatoms. The summed E-state index contributed by atoms with van der Waals surface area (Å²) in [5, 5.41) is 4.48. The molecule has 2 aromatic heterocycles. The van der Waals surface area contributed by atoms with Crippen LogP contribution in [0.1, 0.15) is 44.5 Å². The second kappa shape index (κ2) is 34.9. The van der Waals surface area contributed by atoms with Gasteiger partial charge >= 0.3 is 0 Å². The van der Waals surface area contributed by atoms with Crippen molar-refractivity contribution >= 4 is 78.0 Å². The number of benzene rings is 22. The Morgan fingerprint density at radius 2 is 0.406 bits per heavy atom. The first-order valence-electron chi connectivity index (χ1n) is 47.5. The minimum Gasteiger partial charge on any atom is -0.456 e. The van der Waals surface area contributed by atoms with E-state index in [1.165, 1.54) is 100 Å². The van der Waals surface area contributed by atoms with E-state index >= 15 is 0 Å². The molecular weight excluding hydrogens is 1670 g/mol. The molecule has 0 fully saturated rings. The van der Waals surface area contributed by atoms with E-state index in [1.807, 2.05) is 12.1 Å². The zero-order chi connectivity index (χ0) is 91.5. The number of para-hydroxylation sites is 3. The summed E-state index contributed by atoms with van der Waals surface area (Å²) >= 11 is 0. The first-order valence-corrected chi connectivity index (χ1v) is 47.5. The molecule has 0 atom stereocenters. The normalized spacial score (nSPS) is 12.5. The van der Waals surface area contributed by atoms with Gasteiger partial charge in [0.25, 0.3) is 0 Å². The van der Waals surface area contributed by atoms with Gasteiger partial charge in [-0.25, -0.2) is 0 Å². The monoisotopic (exact) mass is 1760 g/mol. The van der Waals surface area contributed by atoms with Crippen LogP contribution in [0.15, 0.2) is 555 Å². The third kappa shape index (κ3) is 14.1. The second-order valence-corrected chi connectivity index (χ2v) is 35.9. The quantitative estimate of drug-likeness (QED) is 0.0857. The van der Waals surface area contributed by atoms with E-state index in [1.54, 1.807) is 0 Å². The highest BCUT2D eigenvalue weighted by atomic mass is 16.3. The summed E-state index contributed by atoms with van der Waals surface area (Å²) in [6.45, 7) is 0. The van der Waals surface area contributed by atoms with Gasteiger partial charge in [0.05, 0.1) is 16.5 Å². The predicted molar refractivity (Wildman–Crippen MR) is 575 cm³/mol. The Morgan fingerprint density at radius 3 is 0.812 bits per heavy atom. The molecule has 0 unspecified atom stereocenters. The maximum Gasteiger partial charge on any atom is 0.136 e. The summed E-state index contributed by atoms with van der Waals surface area (Å²) in [7, 11) is 0. The largest absolute Gasteiger partial charge is 0.456 e. The number of furan rings is 2. The molecule has 0 saturated carbocycles. The lowest BCUT2D eigenvalue weighted by molar-refractivity contribution is 0.668. The molecule has 0 amide bonds. The van der Waals surface area contributed by atoms with E-state index in [4.69, 9.17) is 8.83 Å². The van der Waals surface area contributed by atoms with Gasteiger partial charge < -0.3 is 18.6 Å². The molecule has 0 saturated heterocycles. The molecule has 2 heterocycles. The van der Waals surface area contributed by atoms with Crippen molar-refractivity contribution in [2.45, 2.75) is 10.8 Å². The lowest BCUT2D eigenvalue weighted by atomic mass is 9.67. The highest BCUT2D eigenvalue weighted by molar-refractivity contribution is 6.14. The minimum atomic E-state index is -0.493. The van der Waals surface area contributed by atoms with Crippen molar-refractivity contribution in [3.63, 3.8) is 0 Å². The molecule has 26 rings (SSSR count). The molecule has 0 spiro atoms. The summed E-state index contributed by atoms with van der Waals surface area (Å²) in [4.78, 5) is 4.86. The molecule has 4 nitrogen and oxygen atoms in total. The first kappa shape index (κ1) is 82.0. The Labute approximate surface area is 803 Å². The Morgan fingerprint density at radius 1 is 0.152 bits per heavy atom. The van der Waals surface area contributed by atoms with Crippen LogP contribution in [0.5, 0.6) is 0 Å². The van der Waals surface area contributed by atoms with Crippen molar-refractivity contribution in [1.29, 1.82) is 0 Å². The van der Waals surface area contributed by atoms with Crippen molar-refractivity contribution in [3.8, 4) is 111 Å². The van der Waals surface area contributed by atoms with Crippen LogP contribution < -0.4 is 9.80 Å². The molecule has 0 aliphatic heterocycles. The van der Waals surface area contributed by atoms with E-state index in [0.29, 0.717) is 0 Å². The minimum absolute atomic E-state index is 0.489. The number of anilines is 6. The highest BCUT2D eigenvalue weighted by Crippen LogP contribution is 2.61. The Balaban J connectivity index is 0.000000146. The van der Waals surface area contributed by atoms with Gasteiger partial charge in [-0.2, -0.15) is 0 Å². The summed E-state index contributed by atoms with van der Waals surface area (Å²) in [5.41, 5.74) is 42.8. The van der Waals surface area contributed by atoms with Crippen molar-refractivity contribution in [2.75, 3.05) is 9.80 Å². The maximum absolute atomic E-state index is 6.39. The Kier molecular flexibility index (Phi) is 20.7. The zero-order valence-corrected chi connectivity index (χ0v) is 75.7. The van der Waals surface area contributed by atoms with Crippen LogP contribution >= 0.6 is 0 Å². The maximum atomic E-state index is 6.39. The van der Waals surface area contributed by atoms with Crippen LogP contribution in [0.3, 0.4) is 0 Å². The predicted octanol–water partition coefficient (Wildman–Crippen LogP) is 36.2. The van der Waals surface area contributed by atoms with Crippen LogP contribution in [-0.2, 0) is 10.8 Å². The smallest absolute Gasteiger partial charge is 0.136 e. The molecular formula is C134H90N2O2. The van der Waals surface area contributed by atoms with Gasteiger partial charge in [0, 0.05) is 55.5 Å². The average molecular weight is 1760 g/mol. The standard InChI is InChI=1S/2C67H45NO/c1-4-20-46(21-5-1)47-40-42-48(43-41-47)55-30-11-14-37-62(55)68(54-29-17-23-50(45-54)57-34-19-39-64-66(57)59-32-12-15-38-63(59)69-64)53-28-16-22-49(44-53)56-33-18-36-61-65(56)58-31-10-13-35-60(58)67(61,51-24-6-2-7-25-51)52-26-8-3-9-27-52;1-4-19-46(20-5-1)47-39-41-48(42-40-47)49-21-14-28-54(43-49)68(56-30-16-23-51(45-56)58-34-18-38-64-66(58)60-32-11-13-37-63(60)69-64)55-29-15-22-50(44-55)57-33-17-36-62-65(57)59-31-10-12-35-61(59)67(62,52-24-6-2-7-25-52)53-26-8-3-9-27-53/h2*1-45H. The summed E-state index contributed by atoms with van der Waals surface area (Å²) in [6.07, 6.45) is 0. The van der Waals surface area contributed by atoms with E-state index in [9.17, 15) is 0 Å². The highest BCUT2D eigenvalue weighted by Gasteiger charge is 2.49. The molecule has 2 aliphatic carbocycles. The van der Waals surface area contributed by atoms with Crippen LogP contribution in [0.4, 0.5) is 34.1 Å². The van der Waals surface area contributed by atoms with Gasteiger partial charge in [0.2, 0.25) is 0 Å². The fourth-order valence-electron chi connectivity index (χ4n) is 22.3. The van der Waals surface area contributed by atoms with E-state index in [2.05, 4.69) is 544 Å². The van der Waals surface area contributed by atoms with Gasteiger partial charge in [-0.05, 0) is 241 Å². The average Bonchev–Trinajstić information content (AvgIpc) is 1.48. The third-order valence-electron chi connectivity index (χ3n) is 28.3. The van der Waals surface area contributed by atoms with Crippen molar-refractivity contribution in [2.24, 2.45) is 0 Å². The van der Waals surface area contributed by atoms with Crippen molar-refractivity contribution in [1.82, 2.24) is 0 Å². The Hall–Kier alpha value is -18.0. The van der Waals surface area contributed by atoms with Crippen LogP contribution in [0, 0.1) is 0 Å². The van der Waals surface area contributed by atoms with Crippen LogP contribution in [0.2, 0.25) is 0 Å². The zero-order valence-electron chi connectivity index (χ0n) is 75.7. The van der Waals surface area contributed by atoms with Gasteiger partial charge in [-0.1, -0.05) is 455 Å². The van der Waals surface area contributed by atoms with Gasteiger partial charge in [-0.3, -0.25) is 0 Å².